The molecule has 0 aliphatic carbocycles. The molecule has 1 rings (SSSR count). The van der Waals surface area contributed by atoms with Crippen LogP contribution in [0.3, 0.4) is 0 Å². The predicted octanol–water partition coefficient (Wildman–Crippen LogP) is 1.84. The number of imide groups is 1. The second-order valence-electron chi connectivity index (χ2n) is 10.5. The summed E-state index contributed by atoms with van der Waals surface area (Å²) in [7, 11) is 1.65. The molecule has 4 amide bonds. The van der Waals surface area contributed by atoms with Crippen LogP contribution in [0.2, 0.25) is 0 Å². The van der Waals surface area contributed by atoms with Gasteiger partial charge in [-0.25, -0.2) is 0 Å². The first-order chi connectivity index (χ1) is 18.9. The highest BCUT2D eigenvalue weighted by molar-refractivity contribution is 7.96. The summed E-state index contributed by atoms with van der Waals surface area (Å²) in [4.78, 5) is 50.0. The van der Waals surface area contributed by atoms with E-state index in [2.05, 4.69) is 10.6 Å². The normalized spacial score (nSPS) is 16.1. The molecule has 2 N–H and O–H groups in total. The molecule has 0 saturated carbocycles. The highest BCUT2D eigenvalue weighted by Crippen LogP contribution is 2.26. The van der Waals surface area contributed by atoms with Crippen LogP contribution in [0.25, 0.3) is 0 Å². The molecule has 232 valence electrons. The average Bonchev–Trinajstić information content (AvgIpc) is 3.17. The lowest BCUT2D eigenvalue weighted by Gasteiger charge is -2.28. The van der Waals surface area contributed by atoms with Crippen LogP contribution in [0, 0.1) is 0 Å². The van der Waals surface area contributed by atoms with E-state index in [4.69, 9.17) is 23.1 Å². The number of likely N-dealkylation sites (tertiary alicyclic amines) is 1. The highest BCUT2D eigenvalue weighted by Gasteiger charge is 2.39. The molecule has 0 aromatic heterocycles. The number of hydrogen-bond acceptors (Lipinski definition) is 10. The lowest BCUT2D eigenvalue weighted by atomic mass is 10.1. The van der Waals surface area contributed by atoms with Crippen LogP contribution in [-0.2, 0) is 42.3 Å². The van der Waals surface area contributed by atoms with E-state index in [1.54, 1.807) is 21.0 Å². The van der Waals surface area contributed by atoms with Crippen molar-refractivity contribution in [3.8, 4) is 0 Å². The van der Waals surface area contributed by atoms with Crippen molar-refractivity contribution in [3.05, 3.63) is 0 Å². The summed E-state index contributed by atoms with van der Waals surface area (Å²) in [5, 5.41) is 5.06. The van der Waals surface area contributed by atoms with Crippen LogP contribution in [0.15, 0.2) is 0 Å². The monoisotopic (exact) mass is 591 g/mol. The average molecular weight is 592 g/mol. The van der Waals surface area contributed by atoms with Crippen molar-refractivity contribution in [3.63, 3.8) is 0 Å². The lowest BCUT2D eigenvalue weighted by Crippen LogP contribution is -2.46. The van der Waals surface area contributed by atoms with Gasteiger partial charge in [0.15, 0.2) is 0 Å². The van der Waals surface area contributed by atoms with Crippen LogP contribution < -0.4 is 10.6 Å². The fourth-order valence-corrected chi connectivity index (χ4v) is 4.26. The smallest absolute Gasteiger partial charge is 0.251 e. The quantitative estimate of drug-likeness (QED) is 0.103. The molecular formula is C27H49N3O9S. The zero-order valence-electron chi connectivity index (χ0n) is 25.0. The summed E-state index contributed by atoms with van der Waals surface area (Å²) in [6.45, 7) is 12.6. The lowest BCUT2D eigenvalue weighted by molar-refractivity contribution is -0.145. The van der Waals surface area contributed by atoms with E-state index in [1.807, 2.05) is 20.8 Å². The molecule has 0 aromatic carbocycles. The predicted molar refractivity (Wildman–Crippen MR) is 152 cm³/mol. The van der Waals surface area contributed by atoms with Gasteiger partial charge in [0.25, 0.3) is 5.91 Å². The molecule has 40 heavy (non-hydrogen) atoms. The van der Waals surface area contributed by atoms with Crippen molar-refractivity contribution in [1.29, 1.82) is 0 Å². The summed E-state index contributed by atoms with van der Waals surface area (Å²) < 4.78 is 27.3. The van der Waals surface area contributed by atoms with Crippen molar-refractivity contribution in [2.45, 2.75) is 83.2 Å². The summed E-state index contributed by atoms with van der Waals surface area (Å²) in [5.74, 6) is -0.851. The first kappa shape index (κ1) is 36.3. The molecule has 0 aromatic rings. The van der Waals surface area contributed by atoms with E-state index >= 15 is 0 Å². The third-order valence-corrected chi connectivity index (χ3v) is 7.10. The number of carbonyl (C=O) groups excluding carboxylic acids is 4. The maximum atomic E-state index is 12.4. The zero-order chi connectivity index (χ0) is 30.0. The van der Waals surface area contributed by atoms with Crippen molar-refractivity contribution in [2.75, 3.05) is 66.4 Å². The second-order valence-corrected chi connectivity index (χ2v) is 11.5. The topological polar surface area (TPSA) is 142 Å². The molecular weight excluding hydrogens is 542 g/mol. The molecule has 0 radical (unpaired) electrons. The maximum Gasteiger partial charge on any atom is 0.251 e. The van der Waals surface area contributed by atoms with Gasteiger partial charge in [-0.1, -0.05) is 6.92 Å². The minimum Gasteiger partial charge on any atom is -0.379 e. The molecule has 1 aliphatic heterocycles. The van der Waals surface area contributed by atoms with Gasteiger partial charge >= 0.3 is 0 Å². The van der Waals surface area contributed by atoms with Gasteiger partial charge in [0.1, 0.15) is 10.9 Å². The fraction of sp³-hybridized carbons (Fsp3) is 0.852. The Hall–Kier alpha value is -1.77. The van der Waals surface area contributed by atoms with Gasteiger partial charge in [-0.15, -0.1) is 0 Å². The second kappa shape index (κ2) is 19.4. The Bertz CT molecular complexity index is 795. The van der Waals surface area contributed by atoms with E-state index in [0.717, 1.165) is 18.5 Å². The van der Waals surface area contributed by atoms with E-state index < -0.39 is 10.9 Å². The van der Waals surface area contributed by atoms with Gasteiger partial charge in [-0.2, -0.15) is 0 Å². The highest BCUT2D eigenvalue weighted by atomic mass is 32.2. The Morgan fingerprint density at radius 3 is 2.25 bits per heavy atom. The molecule has 0 bridgehead atoms. The Kier molecular flexibility index (Phi) is 17.6. The number of nitrogens with one attached hydrogen (secondary N) is 2. The minimum absolute atomic E-state index is 0.136. The third kappa shape index (κ3) is 14.7. The van der Waals surface area contributed by atoms with Gasteiger partial charge < -0.3 is 33.8 Å². The molecule has 1 unspecified atom stereocenters. The Labute approximate surface area is 243 Å². The number of methoxy groups -OCH3 is 1. The number of ether oxygens (including phenoxy) is 4. The molecule has 0 spiro atoms. The first-order valence-electron chi connectivity index (χ1n) is 14.0. The zero-order valence-corrected chi connectivity index (χ0v) is 25.8. The molecule has 1 aliphatic rings. The molecule has 1 heterocycles. The largest absolute Gasteiger partial charge is 0.379 e. The van der Waals surface area contributed by atoms with E-state index in [1.165, 1.54) is 4.90 Å². The van der Waals surface area contributed by atoms with E-state index in [-0.39, 0.29) is 48.6 Å². The molecule has 1 atom stereocenters. The Morgan fingerprint density at radius 2 is 1.62 bits per heavy atom. The van der Waals surface area contributed by atoms with Gasteiger partial charge in [-0.3, -0.25) is 24.1 Å². The fourth-order valence-electron chi connectivity index (χ4n) is 3.42. The third-order valence-electron chi connectivity index (χ3n) is 6.20. The van der Waals surface area contributed by atoms with Crippen molar-refractivity contribution in [1.82, 2.24) is 15.5 Å². The number of amides is 4. The van der Waals surface area contributed by atoms with Crippen molar-refractivity contribution < 1.29 is 42.3 Å². The van der Waals surface area contributed by atoms with Gasteiger partial charge in [0.2, 0.25) is 17.7 Å². The van der Waals surface area contributed by atoms with E-state index in [9.17, 15) is 19.2 Å². The van der Waals surface area contributed by atoms with Crippen LogP contribution >= 0.6 is 12.0 Å². The van der Waals surface area contributed by atoms with Crippen LogP contribution in [0.4, 0.5) is 0 Å². The summed E-state index contributed by atoms with van der Waals surface area (Å²) in [6.07, 6.45) is 2.26. The number of nitrogens with zero attached hydrogens (tertiary/aromatic N) is 1. The van der Waals surface area contributed by atoms with Crippen molar-refractivity contribution in [2.24, 2.45) is 0 Å². The first-order valence-corrected chi connectivity index (χ1v) is 14.8. The van der Waals surface area contributed by atoms with Crippen LogP contribution in [-0.4, -0.2) is 111 Å². The van der Waals surface area contributed by atoms with Crippen molar-refractivity contribution >= 4 is 35.7 Å². The molecule has 12 nitrogen and oxygen atoms in total. The Morgan fingerprint density at radius 1 is 0.975 bits per heavy atom. The minimum atomic E-state index is -0.952. The standard InChI is InChI=1S/C27H49N3O9S/c1-7-14-39-40-21-20-23(32)30(24(21)33)13-8-9-22(31)28-11-16-36-18-19-37-17-12-29-25(34)27(4,5)38-15-10-26(2,3)35-6/h21H,7-20H2,1-6H3,(H,28,31)(H,29,34). The molecule has 13 heteroatoms. The molecule has 1 saturated heterocycles. The number of carbonyl (C=O) groups is 4. The summed E-state index contributed by atoms with van der Waals surface area (Å²) in [6, 6.07) is 0. The van der Waals surface area contributed by atoms with Gasteiger partial charge in [0, 0.05) is 45.2 Å². The number of rotatable bonds is 23. The van der Waals surface area contributed by atoms with Gasteiger partial charge in [0.05, 0.1) is 51.7 Å². The van der Waals surface area contributed by atoms with Gasteiger partial charge in [-0.05, 0) is 47.0 Å². The van der Waals surface area contributed by atoms with Crippen LogP contribution in [0.5, 0.6) is 0 Å². The summed E-state index contributed by atoms with van der Waals surface area (Å²) in [5.41, 5.74) is -1.26. The SMILES string of the molecule is CCCOSC1CC(=O)N(CCCC(=O)NCCOCCOCCNC(=O)C(C)(C)OCCC(C)(C)OC)C1=O. The Balaban J connectivity index is 2.02. The molecule has 1 fully saturated rings. The van der Waals surface area contributed by atoms with Crippen LogP contribution in [0.1, 0.15) is 66.7 Å². The van der Waals surface area contributed by atoms with E-state index in [0.29, 0.717) is 65.6 Å². The maximum absolute atomic E-state index is 12.4. The summed E-state index contributed by atoms with van der Waals surface area (Å²) >= 11 is 1.05. The number of hydrogen-bond donors (Lipinski definition) is 2.